The molecule has 1 aliphatic carbocycles. The number of hydrogen-bond donors (Lipinski definition) is 2. The van der Waals surface area contributed by atoms with Crippen LogP contribution in [0.25, 0.3) is 0 Å². The molecule has 0 aromatic heterocycles. The van der Waals surface area contributed by atoms with E-state index < -0.39 is 0 Å². The fraction of sp³-hybridized carbons (Fsp3) is 0.850. The summed E-state index contributed by atoms with van der Waals surface area (Å²) in [5.41, 5.74) is 0. The summed E-state index contributed by atoms with van der Waals surface area (Å²) in [7, 11) is 0. The third-order valence-electron chi connectivity index (χ3n) is 6.65. The van der Waals surface area contributed by atoms with E-state index in [0.717, 1.165) is 45.1 Å². The SMILES string of the molecule is N=C(SC(=N)N1CCC(OC(=O)N2CCN(C3CCC3)CC2)CC1)N1CCOCC1. The normalized spacial score (nSPS) is 24.5. The number of morpholine rings is 1. The second-order valence-corrected chi connectivity index (χ2v) is 9.47. The number of amides is 1. The van der Waals surface area contributed by atoms with E-state index in [1.807, 2.05) is 14.7 Å². The predicted octanol–water partition coefficient (Wildman–Crippen LogP) is 1.69. The van der Waals surface area contributed by atoms with Gasteiger partial charge in [0.25, 0.3) is 0 Å². The monoisotopic (exact) mass is 438 g/mol. The number of nitrogens with one attached hydrogen (secondary N) is 2. The molecule has 2 N–H and O–H groups in total. The van der Waals surface area contributed by atoms with Crippen LogP contribution in [-0.2, 0) is 9.47 Å². The molecule has 4 fully saturated rings. The first kappa shape index (κ1) is 21.7. The number of piperidine rings is 1. The van der Waals surface area contributed by atoms with E-state index in [4.69, 9.17) is 20.3 Å². The Morgan fingerprint density at radius 2 is 1.40 bits per heavy atom. The van der Waals surface area contributed by atoms with Gasteiger partial charge in [-0.15, -0.1) is 0 Å². The fourth-order valence-corrected chi connectivity index (χ4v) is 5.21. The van der Waals surface area contributed by atoms with E-state index in [1.165, 1.54) is 31.0 Å². The first-order valence-electron chi connectivity index (χ1n) is 11.2. The van der Waals surface area contributed by atoms with Crippen LogP contribution in [0.3, 0.4) is 0 Å². The Morgan fingerprint density at radius 1 is 0.800 bits per heavy atom. The first-order valence-corrected chi connectivity index (χ1v) is 12.0. The van der Waals surface area contributed by atoms with Gasteiger partial charge in [0.2, 0.25) is 0 Å². The molecule has 9 nitrogen and oxygen atoms in total. The number of hydrogen-bond acceptors (Lipinski definition) is 7. The second kappa shape index (κ2) is 10.2. The highest BCUT2D eigenvalue weighted by molar-refractivity contribution is 8.26. The van der Waals surface area contributed by atoms with Gasteiger partial charge in [-0.3, -0.25) is 15.7 Å². The zero-order valence-corrected chi connectivity index (χ0v) is 18.5. The van der Waals surface area contributed by atoms with Gasteiger partial charge in [0.05, 0.1) is 13.2 Å². The summed E-state index contributed by atoms with van der Waals surface area (Å²) in [6.07, 6.45) is 5.18. The maximum absolute atomic E-state index is 12.5. The summed E-state index contributed by atoms with van der Waals surface area (Å²) in [5, 5.41) is 17.4. The molecule has 0 unspecified atom stereocenters. The van der Waals surface area contributed by atoms with Gasteiger partial charge in [-0.25, -0.2) is 4.79 Å². The van der Waals surface area contributed by atoms with Crippen LogP contribution in [-0.4, -0.2) is 114 Å². The predicted molar refractivity (Wildman–Crippen MR) is 117 cm³/mol. The van der Waals surface area contributed by atoms with Crippen molar-refractivity contribution in [2.24, 2.45) is 0 Å². The van der Waals surface area contributed by atoms with E-state index in [9.17, 15) is 4.79 Å². The minimum atomic E-state index is -0.180. The molecular weight excluding hydrogens is 404 g/mol. The van der Waals surface area contributed by atoms with Gasteiger partial charge >= 0.3 is 6.09 Å². The van der Waals surface area contributed by atoms with Crippen LogP contribution < -0.4 is 0 Å². The summed E-state index contributed by atoms with van der Waals surface area (Å²) in [6, 6.07) is 0.741. The van der Waals surface area contributed by atoms with Crippen LogP contribution in [0.4, 0.5) is 4.79 Å². The summed E-state index contributed by atoms with van der Waals surface area (Å²) < 4.78 is 11.1. The zero-order chi connectivity index (χ0) is 20.9. The van der Waals surface area contributed by atoms with E-state index in [2.05, 4.69) is 4.90 Å². The van der Waals surface area contributed by atoms with Crippen LogP contribution in [0, 0.1) is 10.8 Å². The van der Waals surface area contributed by atoms with Crippen molar-refractivity contribution in [3.8, 4) is 0 Å². The average molecular weight is 439 g/mol. The summed E-state index contributed by atoms with van der Waals surface area (Å²) in [6.45, 7) is 7.54. The fourth-order valence-electron chi connectivity index (χ4n) is 4.40. The number of carbonyl (C=O) groups excluding carboxylic acids is 1. The molecule has 10 heteroatoms. The average Bonchev–Trinajstić information content (AvgIpc) is 2.74. The molecule has 0 aromatic rings. The van der Waals surface area contributed by atoms with Crippen LogP contribution in [0.2, 0.25) is 0 Å². The number of amidine groups is 2. The Kier molecular flexibility index (Phi) is 7.37. The Labute approximate surface area is 183 Å². The summed E-state index contributed by atoms with van der Waals surface area (Å²) in [4.78, 5) is 20.9. The molecule has 30 heavy (non-hydrogen) atoms. The van der Waals surface area contributed by atoms with Crippen LogP contribution in [0.5, 0.6) is 0 Å². The summed E-state index contributed by atoms with van der Waals surface area (Å²) in [5.74, 6) is 0. The smallest absolute Gasteiger partial charge is 0.410 e. The van der Waals surface area contributed by atoms with Crippen molar-refractivity contribution in [2.75, 3.05) is 65.6 Å². The van der Waals surface area contributed by atoms with Gasteiger partial charge in [-0.05, 0) is 24.6 Å². The Balaban J connectivity index is 1.14. The number of nitrogens with zero attached hydrogens (tertiary/aromatic N) is 4. The van der Waals surface area contributed by atoms with Crippen molar-refractivity contribution in [3.63, 3.8) is 0 Å². The van der Waals surface area contributed by atoms with Gasteiger partial charge in [0, 0.05) is 71.2 Å². The number of ether oxygens (including phenoxy) is 2. The third-order valence-corrected chi connectivity index (χ3v) is 7.55. The van der Waals surface area contributed by atoms with Crippen LogP contribution in [0.15, 0.2) is 0 Å². The van der Waals surface area contributed by atoms with Gasteiger partial charge in [0.15, 0.2) is 10.3 Å². The maximum Gasteiger partial charge on any atom is 0.410 e. The molecule has 1 amide bonds. The Morgan fingerprint density at radius 3 is 1.97 bits per heavy atom. The third kappa shape index (κ3) is 5.39. The van der Waals surface area contributed by atoms with Crippen molar-refractivity contribution in [3.05, 3.63) is 0 Å². The van der Waals surface area contributed by atoms with Crippen LogP contribution >= 0.6 is 11.8 Å². The molecule has 0 bridgehead atoms. The minimum absolute atomic E-state index is 0.0742. The van der Waals surface area contributed by atoms with E-state index in [-0.39, 0.29) is 12.2 Å². The standard InChI is InChI=1S/C20H34N6O3S/c21-18(30-19(22)25-12-14-28-15-13-25)24-6-4-17(5-7-24)29-20(27)26-10-8-23(9-11-26)16-2-1-3-16/h16-17,21-22H,1-15H2. The lowest BCUT2D eigenvalue weighted by Crippen LogP contribution is -2.54. The molecule has 4 rings (SSSR count). The van der Waals surface area contributed by atoms with E-state index >= 15 is 0 Å². The second-order valence-electron chi connectivity index (χ2n) is 8.49. The highest BCUT2D eigenvalue weighted by Gasteiger charge is 2.31. The van der Waals surface area contributed by atoms with E-state index in [0.29, 0.717) is 49.7 Å². The highest BCUT2D eigenvalue weighted by Crippen LogP contribution is 2.26. The molecule has 0 radical (unpaired) electrons. The molecule has 3 saturated heterocycles. The molecule has 0 spiro atoms. The number of thioether (sulfide) groups is 1. The molecule has 0 aromatic carbocycles. The van der Waals surface area contributed by atoms with Crippen molar-refractivity contribution < 1.29 is 14.3 Å². The number of likely N-dealkylation sites (tertiary alicyclic amines) is 1. The molecule has 3 aliphatic heterocycles. The van der Waals surface area contributed by atoms with Gasteiger partial charge < -0.3 is 24.2 Å². The summed E-state index contributed by atoms with van der Waals surface area (Å²) >= 11 is 1.20. The number of carbonyl (C=O) groups is 1. The molecule has 168 valence electrons. The topological polar surface area (TPSA) is 96.2 Å². The quantitative estimate of drug-likeness (QED) is 0.500. The van der Waals surface area contributed by atoms with Crippen molar-refractivity contribution in [2.45, 2.75) is 44.2 Å². The highest BCUT2D eigenvalue weighted by atomic mass is 32.2. The number of piperazine rings is 1. The lowest BCUT2D eigenvalue weighted by Gasteiger charge is -2.43. The van der Waals surface area contributed by atoms with Gasteiger partial charge in [-0.2, -0.15) is 0 Å². The van der Waals surface area contributed by atoms with Crippen molar-refractivity contribution >= 4 is 28.2 Å². The molecule has 0 atom stereocenters. The molecule has 4 aliphatic rings. The van der Waals surface area contributed by atoms with E-state index in [1.54, 1.807) is 0 Å². The van der Waals surface area contributed by atoms with Crippen molar-refractivity contribution in [1.29, 1.82) is 10.8 Å². The first-order chi connectivity index (χ1) is 14.6. The van der Waals surface area contributed by atoms with Crippen molar-refractivity contribution in [1.82, 2.24) is 19.6 Å². The maximum atomic E-state index is 12.5. The minimum Gasteiger partial charge on any atom is -0.446 e. The molecule has 3 heterocycles. The lowest BCUT2D eigenvalue weighted by molar-refractivity contribution is 0.0160. The molecule has 1 saturated carbocycles. The number of rotatable bonds is 2. The van der Waals surface area contributed by atoms with Gasteiger partial charge in [0.1, 0.15) is 6.10 Å². The lowest BCUT2D eigenvalue weighted by atomic mass is 9.91. The Hall–Kier alpha value is -1.52. The zero-order valence-electron chi connectivity index (χ0n) is 17.7. The largest absolute Gasteiger partial charge is 0.446 e. The van der Waals surface area contributed by atoms with Crippen LogP contribution in [0.1, 0.15) is 32.1 Å². The molecular formula is C20H34N6O3S. The van der Waals surface area contributed by atoms with Gasteiger partial charge in [-0.1, -0.05) is 6.42 Å². The Bertz CT molecular complexity index is 624.